The van der Waals surface area contributed by atoms with Gasteiger partial charge >= 0.3 is 0 Å². The third-order valence-electron chi connectivity index (χ3n) is 2.44. The summed E-state index contributed by atoms with van der Waals surface area (Å²) in [6.45, 7) is 11.6. The molecule has 0 fully saturated rings. The normalized spacial score (nSPS) is 14.1. The van der Waals surface area contributed by atoms with Crippen LogP contribution in [0.1, 0.15) is 40.5 Å². The molecule has 0 aromatic rings. The smallest absolute Gasteiger partial charge is 0.0667 e. The molecule has 2 heteroatoms. The Morgan fingerprint density at radius 1 is 1.08 bits per heavy atom. The van der Waals surface area contributed by atoms with E-state index < -0.39 is 0 Å². The summed E-state index contributed by atoms with van der Waals surface area (Å²) in [5, 5.41) is 9.69. The maximum absolute atomic E-state index is 9.69. The second kappa shape index (κ2) is 7.34. The molecule has 13 heavy (non-hydrogen) atoms. The lowest BCUT2D eigenvalue weighted by atomic mass is 10.0. The average Bonchev–Trinajstić information content (AvgIpc) is 2.10. The van der Waals surface area contributed by atoms with Gasteiger partial charge in [-0.3, -0.25) is 0 Å². The molecule has 1 N–H and O–H groups in total. The molecule has 0 aliphatic heterocycles. The minimum atomic E-state index is -0.137. The summed E-state index contributed by atoms with van der Waals surface area (Å²) < 4.78 is 0. The molecule has 0 amide bonds. The molecular formula is C11H25NO. The maximum atomic E-state index is 9.69. The van der Waals surface area contributed by atoms with Crippen molar-refractivity contribution in [2.75, 3.05) is 19.6 Å². The van der Waals surface area contributed by atoms with Crippen LogP contribution >= 0.6 is 0 Å². The Hall–Kier alpha value is -0.0800. The number of hydrogen-bond donors (Lipinski definition) is 1. The molecule has 0 aliphatic rings. The van der Waals surface area contributed by atoms with Gasteiger partial charge in [0.25, 0.3) is 0 Å². The van der Waals surface area contributed by atoms with Crippen molar-refractivity contribution in [3.05, 3.63) is 0 Å². The van der Waals surface area contributed by atoms with Crippen LogP contribution in [-0.2, 0) is 0 Å². The van der Waals surface area contributed by atoms with E-state index in [2.05, 4.69) is 32.6 Å². The van der Waals surface area contributed by atoms with Crippen molar-refractivity contribution >= 4 is 0 Å². The third kappa shape index (κ3) is 7.03. The molecular weight excluding hydrogens is 162 g/mol. The van der Waals surface area contributed by atoms with E-state index in [9.17, 15) is 5.11 Å². The van der Waals surface area contributed by atoms with E-state index in [1.807, 2.05) is 0 Å². The van der Waals surface area contributed by atoms with Gasteiger partial charge < -0.3 is 10.0 Å². The van der Waals surface area contributed by atoms with Crippen LogP contribution in [0.5, 0.6) is 0 Å². The van der Waals surface area contributed by atoms with Crippen LogP contribution in [0, 0.1) is 5.92 Å². The first-order valence-electron chi connectivity index (χ1n) is 5.50. The van der Waals surface area contributed by atoms with Crippen molar-refractivity contribution in [3.63, 3.8) is 0 Å². The molecule has 0 heterocycles. The van der Waals surface area contributed by atoms with Crippen LogP contribution in [0.3, 0.4) is 0 Å². The minimum absolute atomic E-state index is 0.137. The van der Waals surface area contributed by atoms with E-state index >= 15 is 0 Å². The predicted octanol–water partition coefficient (Wildman–Crippen LogP) is 2.13. The van der Waals surface area contributed by atoms with Gasteiger partial charge in [0.05, 0.1) is 6.10 Å². The Labute approximate surface area is 82.9 Å². The lowest BCUT2D eigenvalue weighted by Gasteiger charge is -2.22. The molecule has 0 bridgehead atoms. The van der Waals surface area contributed by atoms with Crippen LogP contribution in [0.4, 0.5) is 0 Å². The van der Waals surface area contributed by atoms with Gasteiger partial charge in [-0.05, 0) is 31.8 Å². The highest BCUT2D eigenvalue weighted by Gasteiger charge is 2.08. The Balaban J connectivity index is 3.53. The zero-order valence-electron chi connectivity index (χ0n) is 9.58. The summed E-state index contributed by atoms with van der Waals surface area (Å²) >= 11 is 0. The summed E-state index contributed by atoms with van der Waals surface area (Å²) in [5.74, 6) is 0.700. The summed E-state index contributed by atoms with van der Waals surface area (Å²) in [4.78, 5) is 2.27. The van der Waals surface area contributed by atoms with E-state index in [4.69, 9.17) is 0 Å². The number of aliphatic hydroxyl groups is 1. The van der Waals surface area contributed by atoms with E-state index in [0.717, 1.165) is 32.5 Å². The fourth-order valence-electron chi connectivity index (χ4n) is 1.40. The second-order valence-corrected chi connectivity index (χ2v) is 4.11. The summed E-state index contributed by atoms with van der Waals surface area (Å²) in [7, 11) is 0. The maximum Gasteiger partial charge on any atom is 0.0667 e. The predicted molar refractivity (Wildman–Crippen MR) is 57.9 cm³/mol. The third-order valence-corrected chi connectivity index (χ3v) is 2.44. The number of aliphatic hydroxyl groups excluding tert-OH is 1. The SMILES string of the molecule is CCN(CC)CC(O)CCC(C)C. The van der Waals surface area contributed by atoms with Crippen LogP contribution in [0.25, 0.3) is 0 Å². The van der Waals surface area contributed by atoms with E-state index in [1.54, 1.807) is 0 Å². The molecule has 1 atom stereocenters. The van der Waals surface area contributed by atoms with Gasteiger partial charge in [-0.15, -0.1) is 0 Å². The average molecular weight is 187 g/mol. The molecule has 0 aliphatic carbocycles. The highest BCUT2D eigenvalue weighted by molar-refractivity contribution is 4.63. The van der Waals surface area contributed by atoms with E-state index in [0.29, 0.717) is 5.92 Å². The van der Waals surface area contributed by atoms with E-state index in [-0.39, 0.29) is 6.10 Å². The number of likely N-dealkylation sites (N-methyl/N-ethyl adjacent to an activating group) is 1. The summed E-state index contributed by atoms with van der Waals surface area (Å²) in [5.41, 5.74) is 0. The van der Waals surface area contributed by atoms with Crippen molar-refractivity contribution in [1.82, 2.24) is 4.90 Å². The zero-order chi connectivity index (χ0) is 10.3. The molecule has 0 radical (unpaired) electrons. The second-order valence-electron chi connectivity index (χ2n) is 4.11. The van der Waals surface area contributed by atoms with Crippen molar-refractivity contribution in [2.24, 2.45) is 5.92 Å². The zero-order valence-corrected chi connectivity index (χ0v) is 9.58. The minimum Gasteiger partial charge on any atom is -0.392 e. The Morgan fingerprint density at radius 3 is 2.00 bits per heavy atom. The lowest BCUT2D eigenvalue weighted by Crippen LogP contribution is -2.32. The van der Waals surface area contributed by atoms with Crippen LogP contribution < -0.4 is 0 Å². The monoisotopic (exact) mass is 187 g/mol. The van der Waals surface area contributed by atoms with Crippen molar-refractivity contribution in [2.45, 2.75) is 46.6 Å². The fourth-order valence-corrected chi connectivity index (χ4v) is 1.40. The van der Waals surface area contributed by atoms with Crippen molar-refractivity contribution in [1.29, 1.82) is 0 Å². The summed E-state index contributed by atoms with van der Waals surface area (Å²) in [6, 6.07) is 0. The first-order chi connectivity index (χ1) is 6.10. The molecule has 1 unspecified atom stereocenters. The van der Waals surface area contributed by atoms with Gasteiger partial charge in [-0.25, -0.2) is 0 Å². The van der Waals surface area contributed by atoms with Gasteiger partial charge in [-0.2, -0.15) is 0 Å². The van der Waals surface area contributed by atoms with Crippen molar-refractivity contribution in [3.8, 4) is 0 Å². The first-order valence-corrected chi connectivity index (χ1v) is 5.50. The number of hydrogen-bond acceptors (Lipinski definition) is 2. The topological polar surface area (TPSA) is 23.5 Å². The van der Waals surface area contributed by atoms with Crippen LogP contribution in [0.2, 0.25) is 0 Å². The van der Waals surface area contributed by atoms with Crippen molar-refractivity contribution < 1.29 is 5.11 Å². The molecule has 0 rings (SSSR count). The fraction of sp³-hybridized carbons (Fsp3) is 1.00. The lowest BCUT2D eigenvalue weighted by molar-refractivity contribution is 0.105. The number of rotatable bonds is 7. The standard InChI is InChI=1S/C11H25NO/c1-5-12(6-2)9-11(13)8-7-10(3)4/h10-11,13H,5-9H2,1-4H3. The molecule has 0 spiro atoms. The molecule has 0 aromatic heterocycles. The van der Waals surface area contributed by atoms with Gasteiger partial charge in [-0.1, -0.05) is 27.7 Å². The Kier molecular flexibility index (Phi) is 7.29. The molecule has 0 saturated heterocycles. The van der Waals surface area contributed by atoms with Gasteiger partial charge in [0.2, 0.25) is 0 Å². The van der Waals surface area contributed by atoms with Crippen LogP contribution in [-0.4, -0.2) is 35.7 Å². The van der Waals surface area contributed by atoms with Gasteiger partial charge in [0, 0.05) is 6.54 Å². The Bertz CT molecular complexity index is 111. The highest BCUT2D eigenvalue weighted by Crippen LogP contribution is 2.07. The van der Waals surface area contributed by atoms with Crippen LogP contribution in [0.15, 0.2) is 0 Å². The first kappa shape index (κ1) is 12.9. The summed E-state index contributed by atoms with van der Waals surface area (Å²) in [6.07, 6.45) is 1.93. The largest absolute Gasteiger partial charge is 0.392 e. The quantitative estimate of drug-likeness (QED) is 0.660. The van der Waals surface area contributed by atoms with Gasteiger partial charge in [0.1, 0.15) is 0 Å². The van der Waals surface area contributed by atoms with Gasteiger partial charge in [0.15, 0.2) is 0 Å². The molecule has 0 saturated carbocycles. The number of nitrogens with zero attached hydrogens (tertiary/aromatic N) is 1. The molecule has 2 nitrogen and oxygen atoms in total. The Morgan fingerprint density at radius 2 is 1.62 bits per heavy atom. The molecule has 0 aromatic carbocycles. The van der Waals surface area contributed by atoms with E-state index in [1.165, 1.54) is 0 Å². The highest BCUT2D eigenvalue weighted by atomic mass is 16.3. The molecule has 80 valence electrons.